The summed E-state index contributed by atoms with van der Waals surface area (Å²) in [6.07, 6.45) is 3.03. The highest BCUT2D eigenvalue weighted by atomic mass is 35.5. The lowest BCUT2D eigenvalue weighted by Crippen LogP contribution is -2.11. The van der Waals surface area contributed by atoms with Crippen molar-refractivity contribution in [2.75, 3.05) is 6.61 Å². The maximum atomic E-state index is 11.7. The van der Waals surface area contributed by atoms with Gasteiger partial charge in [0, 0.05) is 39.9 Å². The molecule has 0 aliphatic carbocycles. The summed E-state index contributed by atoms with van der Waals surface area (Å²) < 4.78 is 20.7. The molecule has 8 rings (SSSR count). The molecule has 2 atom stereocenters. The number of carbonyl (C=O) groups excluding carboxylic acids is 1. The highest BCUT2D eigenvalue weighted by Gasteiger charge is 2.22. The number of hydrogen-bond donors (Lipinski definition) is 2. The third-order valence-corrected chi connectivity index (χ3v) is 12.0. The molecule has 0 radical (unpaired) electrons. The molecule has 0 aliphatic rings. The Morgan fingerprint density at radius 1 is 0.642 bits per heavy atom. The number of benzene rings is 6. The lowest BCUT2D eigenvalue weighted by Gasteiger charge is -2.14. The van der Waals surface area contributed by atoms with Crippen LogP contribution in [0, 0.1) is 13.8 Å². The minimum Gasteiger partial charge on any atom is -0.508 e. The Hall–Kier alpha value is -6.85. The number of ether oxygens (including phenoxy) is 2. The standard InChI is InChI=1S/C26H22ClNO4.C14H12Cl2.C14H15NO4/c1-17-22(6-3-7-24(17)27)20-5-2-4-18(14-20)16-31-21-10-8-19(9-11-21)23(15-26(29)30)25-12-13-32-28-25;1-10-13(6-3-7-14(10)16)12-5-2-4-11(8-12)9-15;1-2-18-14(17)9-12(13-7-8-19-15-13)10-3-5-11(16)6-4-10/h2-14,23H,15-16H2,1H3,(H,29,30);2-8H,9H2,1H3;3-8,12,16H,2,9H2,1H3. The molecule has 0 aliphatic heterocycles. The smallest absolute Gasteiger partial charge is 0.306 e. The number of esters is 1. The fraction of sp³-hybridized carbons (Fsp3) is 0.185. The molecule has 0 bridgehead atoms. The Labute approximate surface area is 404 Å². The molecule has 0 saturated carbocycles. The summed E-state index contributed by atoms with van der Waals surface area (Å²) in [5.74, 6) is -0.382. The van der Waals surface area contributed by atoms with E-state index in [9.17, 15) is 19.8 Å². The molecule has 0 fully saturated rings. The van der Waals surface area contributed by atoms with Crippen LogP contribution in [0.4, 0.5) is 0 Å². The first-order valence-electron chi connectivity index (χ1n) is 21.4. The number of nitrogens with zero attached hydrogens (tertiary/aromatic N) is 2. The number of hydrogen-bond acceptors (Lipinski definition) is 9. The van der Waals surface area contributed by atoms with Crippen LogP contribution in [-0.4, -0.2) is 39.1 Å². The van der Waals surface area contributed by atoms with Crippen LogP contribution >= 0.6 is 34.8 Å². The Bertz CT molecular complexity index is 2810. The van der Waals surface area contributed by atoms with Crippen LogP contribution in [0.1, 0.15) is 76.4 Å². The molecule has 0 amide bonds. The molecular formula is C54H49Cl3N2O8. The van der Waals surface area contributed by atoms with Gasteiger partial charge in [0.25, 0.3) is 0 Å². The molecule has 6 aromatic carbocycles. The van der Waals surface area contributed by atoms with Crippen molar-refractivity contribution < 1.29 is 38.3 Å². The van der Waals surface area contributed by atoms with E-state index in [1.165, 1.54) is 18.1 Å². The van der Waals surface area contributed by atoms with E-state index in [4.69, 9.17) is 53.3 Å². The second-order valence-electron chi connectivity index (χ2n) is 15.4. The van der Waals surface area contributed by atoms with E-state index in [0.29, 0.717) is 36.2 Å². The zero-order chi connectivity index (χ0) is 47.7. The van der Waals surface area contributed by atoms with Gasteiger partial charge in [-0.05, 0) is 125 Å². The largest absolute Gasteiger partial charge is 0.508 e. The zero-order valence-corrected chi connectivity index (χ0v) is 39.3. The molecule has 2 N–H and O–H groups in total. The van der Waals surface area contributed by atoms with Gasteiger partial charge >= 0.3 is 11.9 Å². The van der Waals surface area contributed by atoms with Crippen molar-refractivity contribution >= 4 is 46.7 Å². The topological polar surface area (TPSA) is 145 Å². The number of alkyl halides is 1. The summed E-state index contributed by atoms with van der Waals surface area (Å²) >= 11 is 18.2. The first-order chi connectivity index (χ1) is 32.4. The van der Waals surface area contributed by atoms with Crippen molar-refractivity contribution in [1.82, 2.24) is 10.3 Å². The molecule has 0 spiro atoms. The SMILES string of the molecule is CCOC(=O)CC(c1ccc(O)cc1)c1ccon1.Cc1c(Cl)cccc1-c1cccc(CCl)c1.Cc1c(Cl)cccc1-c1cccc(COc2ccc(C(CC(=O)O)c3ccon3)cc2)c1. The van der Waals surface area contributed by atoms with Crippen molar-refractivity contribution in [1.29, 1.82) is 0 Å². The highest BCUT2D eigenvalue weighted by molar-refractivity contribution is 6.32. The molecule has 8 aromatic rings. The molecule has 2 aromatic heterocycles. The van der Waals surface area contributed by atoms with Crippen LogP contribution in [-0.2, 0) is 26.8 Å². The van der Waals surface area contributed by atoms with Crippen molar-refractivity contribution in [3.05, 3.63) is 213 Å². The summed E-state index contributed by atoms with van der Waals surface area (Å²) in [5.41, 5.74) is 11.8. The summed E-state index contributed by atoms with van der Waals surface area (Å²) in [5, 5.41) is 27.9. The quantitative estimate of drug-likeness (QED) is 0.0752. The van der Waals surface area contributed by atoms with E-state index < -0.39 is 5.97 Å². The average Bonchev–Trinajstić information content (AvgIpc) is 4.09. The Balaban J connectivity index is 0.000000180. The van der Waals surface area contributed by atoms with Gasteiger partial charge in [0.2, 0.25) is 0 Å². The van der Waals surface area contributed by atoms with Crippen LogP contribution in [0.5, 0.6) is 11.5 Å². The summed E-state index contributed by atoms with van der Waals surface area (Å²) in [6, 6.07) is 45.8. The Morgan fingerprint density at radius 2 is 1.13 bits per heavy atom. The van der Waals surface area contributed by atoms with Crippen molar-refractivity contribution in [3.8, 4) is 33.8 Å². The van der Waals surface area contributed by atoms with Crippen molar-refractivity contribution in [2.24, 2.45) is 0 Å². The first kappa shape index (κ1) is 49.6. The molecule has 0 saturated heterocycles. The summed E-state index contributed by atoms with van der Waals surface area (Å²) in [7, 11) is 0. The van der Waals surface area contributed by atoms with E-state index in [2.05, 4.69) is 46.7 Å². The molecule has 67 heavy (non-hydrogen) atoms. The Kier molecular flexibility index (Phi) is 18.2. The number of carboxylic acid groups (broad SMARTS) is 1. The molecule has 13 heteroatoms. The van der Waals surface area contributed by atoms with Gasteiger partial charge in [-0.25, -0.2) is 0 Å². The van der Waals surface area contributed by atoms with E-state index in [1.54, 1.807) is 43.3 Å². The predicted octanol–water partition coefficient (Wildman–Crippen LogP) is 14.0. The number of aromatic nitrogens is 2. The predicted molar refractivity (Wildman–Crippen MR) is 262 cm³/mol. The van der Waals surface area contributed by atoms with Crippen molar-refractivity contribution in [3.63, 3.8) is 0 Å². The summed E-state index contributed by atoms with van der Waals surface area (Å²) in [4.78, 5) is 22.9. The lowest BCUT2D eigenvalue weighted by atomic mass is 9.92. The van der Waals surface area contributed by atoms with E-state index in [1.807, 2.05) is 86.6 Å². The molecule has 2 unspecified atom stereocenters. The van der Waals surface area contributed by atoms with Crippen LogP contribution < -0.4 is 4.74 Å². The number of halogens is 3. The summed E-state index contributed by atoms with van der Waals surface area (Å²) in [6.45, 7) is 6.57. The van der Waals surface area contributed by atoms with E-state index in [0.717, 1.165) is 60.1 Å². The molecule has 344 valence electrons. The zero-order valence-electron chi connectivity index (χ0n) is 37.1. The molecular weight excluding hydrogens is 911 g/mol. The van der Waals surface area contributed by atoms with Crippen molar-refractivity contribution in [2.45, 2.75) is 57.9 Å². The van der Waals surface area contributed by atoms with Crippen LogP contribution in [0.3, 0.4) is 0 Å². The number of aliphatic carboxylic acids is 1. The fourth-order valence-electron chi connectivity index (χ4n) is 7.31. The second-order valence-corrected chi connectivity index (χ2v) is 16.5. The third kappa shape index (κ3) is 14.1. The fourth-order valence-corrected chi connectivity index (χ4v) is 7.83. The van der Waals surface area contributed by atoms with Gasteiger partial charge < -0.3 is 28.7 Å². The number of carboxylic acids is 1. The Morgan fingerprint density at radius 3 is 1.63 bits per heavy atom. The second kappa shape index (κ2) is 24.6. The minimum absolute atomic E-state index is 0.0670. The monoisotopic (exact) mass is 958 g/mol. The van der Waals surface area contributed by atoms with Gasteiger partial charge in [-0.1, -0.05) is 118 Å². The average molecular weight is 960 g/mol. The van der Waals surface area contributed by atoms with Gasteiger partial charge in [0.05, 0.1) is 30.8 Å². The van der Waals surface area contributed by atoms with E-state index in [-0.39, 0.29) is 36.4 Å². The first-order valence-corrected chi connectivity index (χ1v) is 22.7. The normalized spacial score (nSPS) is 11.6. The minimum atomic E-state index is -0.895. The number of phenols is 1. The van der Waals surface area contributed by atoms with E-state index >= 15 is 0 Å². The highest BCUT2D eigenvalue weighted by Crippen LogP contribution is 2.33. The molecule has 2 heterocycles. The van der Waals surface area contributed by atoms with Gasteiger partial charge in [-0.15, -0.1) is 11.6 Å². The maximum Gasteiger partial charge on any atom is 0.306 e. The third-order valence-electron chi connectivity index (χ3n) is 10.8. The van der Waals surface area contributed by atoms with Gasteiger partial charge in [0.15, 0.2) is 0 Å². The lowest BCUT2D eigenvalue weighted by molar-refractivity contribution is -0.143. The van der Waals surface area contributed by atoms with Crippen LogP contribution in [0.15, 0.2) is 167 Å². The number of aromatic hydroxyl groups is 1. The maximum absolute atomic E-state index is 11.7. The van der Waals surface area contributed by atoms with Gasteiger partial charge in [-0.3, -0.25) is 9.59 Å². The number of carbonyl (C=O) groups is 2. The number of rotatable bonds is 15. The number of phenolic OH excluding ortho intramolecular Hbond substituents is 1. The van der Waals surface area contributed by atoms with Gasteiger partial charge in [-0.2, -0.15) is 0 Å². The molecule has 10 nitrogen and oxygen atoms in total. The van der Waals surface area contributed by atoms with Crippen LogP contribution in [0.2, 0.25) is 10.0 Å². The van der Waals surface area contributed by atoms with Crippen LogP contribution in [0.25, 0.3) is 22.3 Å². The van der Waals surface area contributed by atoms with Gasteiger partial charge in [0.1, 0.15) is 30.6 Å².